The van der Waals surface area contributed by atoms with Gasteiger partial charge in [-0.1, -0.05) is 84.9 Å². The topological polar surface area (TPSA) is 103 Å². The monoisotopic (exact) mass is 673 g/mol. The van der Waals surface area contributed by atoms with Gasteiger partial charge in [0.2, 0.25) is 0 Å². The summed E-state index contributed by atoms with van der Waals surface area (Å²) in [5, 5.41) is 21.5. The Kier molecular flexibility index (Phi) is 10.4. The Labute approximate surface area is 294 Å². The molecule has 2 amide bonds. The van der Waals surface area contributed by atoms with Crippen LogP contribution in [0.2, 0.25) is 0 Å². The van der Waals surface area contributed by atoms with Crippen molar-refractivity contribution < 1.29 is 19.1 Å². The molecule has 0 saturated heterocycles. The van der Waals surface area contributed by atoms with E-state index in [-0.39, 0.29) is 17.4 Å². The predicted octanol–water partition coefficient (Wildman–Crippen LogP) is 8.31. The average Bonchev–Trinajstić information content (AvgIpc) is 3.81. The molecule has 0 radical (unpaired) electrons. The van der Waals surface area contributed by atoms with Gasteiger partial charge < -0.3 is 9.47 Å². The van der Waals surface area contributed by atoms with Crippen molar-refractivity contribution >= 4 is 39.9 Å². The van der Waals surface area contributed by atoms with E-state index in [0.29, 0.717) is 30.9 Å². The van der Waals surface area contributed by atoms with Crippen LogP contribution in [-0.2, 0) is 9.59 Å². The van der Waals surface area contributed by atoms with Crippen LogP contribution in [0.1, 0.15) is 39.1 Å². The molecule has 1 aromatic heterocycles. The van der Waals surface area contributed by atoms with E-state index in [9.17, 15) is 20.1 Å². The number of benzene rings is 4. The van der Waals surface area contributed by atoms with E-state index in [1.54, 1.807) is 7.11 Å². The zero-order valence-corrected chi connectivity index (χ0v) is 28.0. The highest BCUT2D eigenvalue weighted by atomic mass is 32.1. The minimum Gasteiger partial charge on any atom is -0.497 e. The summed E-state index contributed by atoms with van der Waals surface area (Å²) in [5.74, 6) is 0.822. The molecule has 0 aliphatic carbocycles. The van der Waals surface area contributed by atoms with E-state index < -0.39 is 0 Å². The van der Waals surface area contributed by atoms with Gasteiger partial charge in [-0.2, -0.15) is 10.5 Å². The maximum atomic E-state index is 11.9. The lowest BCUT2D eigenvalue weighted by molar-refractivity contribution is -0.136. The van der Waals surface area contributed by atoms with Crippen LogP contribution < -0.4 is 9.47 Å². The molecule has 7 nitrogen and oxygen atoms in total. The first-order valence-electron chi connectivity index (χ1n) is 15.9. The largest absolute Gasteiger partial charge is 0.497 e. The summed E-state index contributed by atoms with van der Waals surface area (Å²) in [4.78, 5) is 25.8. The van der Waals surface area contributed by atoms with Crippen LogP contribution in [0.15, 0.2) is 138 Å². The smallest absolute Gasteiger partial charge is 0.253 e. The maximum absolute atomic E-state index is 11.9. The number of nitrogens with zero attached hydrogens (tertiary/aromatic N) is 3. The van der Waals surface area contributed by atoms with Gasteiger partial charge in [-0.3, -0.25) is 14.5 Å². The number of carbonyl (C=O) groups is 2. The molecular weight excluding hydrogens is 643 g/mol. The van der Waals surface area contributed by atoms with Gasteiger partial charge in [0.25, 0.3) is 11.8 Å². The molecule has 1 aliphatic rings. The average molecular weight is 674 g/mol. The third-order valence-corrected chi connectivity index (χ3v) is 9.12. The van der Waals surface area contributed by atoms with Crippen molar-refractivity contribution in [3.05, 3.63) is 171 Å². The number of nitriles is 2. The normalized spacial score (nSPS) is 12.6. The Morgan fingerprint density at radius 2 is 1.14 bits per heavy atom. The molecule has 244 valence electrons. The second-order valence-corrected chi connectivity index (χ2v) is 12.2. The predicted molar refractivity (Wildman–Crippen MR) is 195 cm³/mol. The number of hydrogen-bond donors (Lipinski definition) is 0. The Bertz CT molecular complexity index is 2140. The molecule has 0 saturated carbocycles. The molecule has 50 heavy (non-hydrogen) atoms. The SMILES string of the molecule is COc1ccc(/C(=C(/c2ccccc2)c2ccc(C(=C(C#N)C#N)c3cccs3)cc2)c2ccc(OCCCN3C(=O)C=CC3=O)cc2)cc1. The molecule has 4 aromatic carbocycles. The summed E-state index contributed by atoms with van der Waals surface area (Å²) >= 11 is 1.49. The van der Waals surface area contributed by atoms with E-state index in [4.69, 9.17) is 9.47 Å². The van der Waals surface area contributed by atoms with Gasteiger partial charge in [0.1, 0.15) is 29.2 Å². The van der Waals surface area contributed by atoms with Crippen molar-refractivity contribution in [1.82, 2.24) is 4.90 Å². The molecule has 8 heteroatoms. The second-order valence-electron chi connectivity index (χ2n) is 11.3. The van der Waals surface area contributed by atoms with Crippen LogP contribution in [0.4, 0.5) is 0 Å². The first-order valence-corrected chi connectivity index (χ1v) is 16.8. The zero-order valence-electron chi connectivity index (χ0n) is 27.2. The summed E-state index contributed by atoms with van der Waals surface area (Å²) in [6, 6.07) is 41.9. The maximum Gasteiger partial charge on any atom is 0.253 e. The number of methoxy groups -OCH3 is 1. The highest BCUT2D eigenvalue weighted by Crippen LogP contribution is 2.39. The van der Waals surface area contributed by atoms with Gasteiger partial charge in [0, 0.05) is 29.1 Å². The van der Waals surface area contributed by atoms with E-state index in [1.807, 2.05) is 109 Å². The fourth-order valence-electron chi connectivity index (χ4n) is 5.83. The fraction of sp³-hybridized carbons (Fsp3) is 0.0952. The molecule has 0 atom stereocenters. The van der Waals surface area contributed by atoms with E-state index in [2.05, 4.69) is 24.3 Å². The Balaban J connectivity index is 1.40. The summed E-state index contributed by atoms with van der Waals surface area (Å²) in [5.41, 5.74) is 7.34. The zero-order chi connectivity index (χ0) is 34.9. The van der Waals surface area contributed by atoms with Gasteiger partial charge >= 0.3 is 0 Å². The van der Waals surface area contributed by atoms with Gasteiger partial charge in [-0.25, -0.2) is 0 Å². The van der Waals surface area contributed by atoms with Crippen LogP contribution in [0.3, 0.4) is 0 Å². The first-order chi connectivity index (χ1) is 24.5. The van der Waals surface area contributed by atoms with Crippen LogP contribution in [0, 0.1) is 22.7 Å². The van der Waals surface area contributed by atoms with Crippen molar-refractivity contribution in [3.63, 3.8) is 0 Å². The highest BCUT2D eigenvalue weighted by molar-refractivity contribution is 7.11. The molecule has 6 rings (SSSR count). The summed E-state index contributed by atoms with van der Waals surface area (Å²) in [6.45, 7) is 0.645. The number of carbonyl (C=O) groups excluding carboxylic acids is 2. The van der Waals surface area contributed by atoms with Crippen molar-refractivity contribution in [2.75, 3.05) is 20.3 Å². The molecule has 1 aliphatic heterocycles. The number of hydrogen-bond acceptors (Lipinski definition) is 7. The standard InChI is InChI=1S/C42H31N3O4S/c1-48-35-18-14-32(15-19-35)42(33-16-20-36(21-17-33)49-25-6-24-45-38(46)22-23-39(45)47)41(29-7-3-2-4-8-29)31-12-10-30(11-13-31)40(34(27-43)28-44)37-9-5-26-50-37/h2-5,7-23,26H,6,24-25H2,1H3/b42-41+. The molecule has 0 spiro atoms. The number of ether oxygens (including phenoxy) is 2. The lowest BCUT2D eigenvalue weighted by atomic mass is 9.85. The Hall–Kier alpha value is -6.48. The molecule has 0 bridgehead atoms. The molecule has 0 N–H and O–H groups in total. The molecule has 5 aromatic rings. The third kappa shape index (κ3) is 7.32. The van der Waals surface area contributed by atoms with Crippen molar-refractivity contribution in [2.24, 2.45) is 0 Å². The highest BCUT2D eigenvalue weighted by Gasteiger charge is 2.22. The fourth-order valence-corrected chi connectivity index (χ4v) is 6.62. The van der Waals surface area contributed by atoms with Gasteiger partial charge in [0.05, 0.1) is 13.7 Å². The third-order valence-electron chi connectivity index (χ3n) is 8.23. The lowest BCUT2D eigenvalue weighted by Crippen LogP contribution is -2.31. The summed E-state index contributed by atoms with van der Waals surface area (Å²) < 4.78 is 11.5. The number of rotatable bonds is 12. The molecule has 0 unspecified atom stereocenters. The number of imide groups is 1. The van der Waals surface area contributed by atoms with E-state index >= 15 is 0 Å². The quantitative estimate of drug-likeness (QED) is 0.0571. The minimum absolute atomic E-state index is 0.0651. The molecular formula is C42H31N3O4S. The minimum atomic E-state index is -0.297. The second kappa shape index (κ2) is 15.6. The van der Waals surface area contributed by atoms with Crippen molar-refractivity contribution in [1.29, 1.82) is 10.5 Å². The van der Waals surface area contributed by atoms with E-state index in [0.717, 1.165) is 49.6 Å². The lowest BCUT2D eigenvalue weighted by Gasteiger charge is -2.19. The molecule has 0 fully saturated rings. The first kappa shape index (κ1) is 33.4. The van der Waals surface area contributed by atoms with Crippen molar-refractivity contribution in [2.45, 2.75) is 6.42 Å². The van der Waals surface area contributed by atoms with Crippen LogP contribution in [0.25, 0.3) is 16.7 Å². The summed E-state index contributed by atoms with van der Waals surface area (Å²) in [7, 11) is 1.64. The van der Waals surface area contributed by atoms with Crippen molar-refractivity contribution in [3.8, 4) is 23.6 Å². The number of amides is 2. The number of thiophene rings is 1. The number of allylic oxidation sites excluding steroid dienone is 1. The Morgan fingerprint density at radius 1 is 0.640 bits per heavy atom. The molecule has 2 heterocycles. The Morgan fingerprint density at radius 3 is 1.64 bits per heavy atom. The van der Waals surface area contributed by atoms with E-state index in [1.165, 1.54) is 28.4 Å². The van der Waals surface area contributed by atoms with Gasteiger partial charge in [-0.15, -0.1) is 11.3 Å². The van der Waals surface area contributed by atoms with Crippen LogP contribution >= 0.6 is 11.3 Å². The van der Waals surface area contributed by atoms with Crippen LogP contribution in [-0.4, -0.2) is 37.0 Å². The summed E-state index contributed by atoms with van der Waals surface area (Å²) in [6.07, 6.45) is 3.08. The van der Waals surface area contributed by atoms with Gasteiger partial charge in [-0.05, 0) is 81.1 Å². The van der Waals surface area contributed by atoms with Crippen LogP contribution in [0.5, 0.6) is 11.5 Å². The van der Waals surface area contributed by atoms with Gasteiger partial charge in [0.15, 0.2) is 0 Å².